The molecular formula is C43H71N4O8. The third-order valence-electron chi connectivity index (χ3n) is 10.0. The van der Waals surface area contributed by atoms with Crippen molar-refractivity contribution in [1.29, 1.82) is 0 Å². The van der Waals surface area contributed by atoms with Gasteiger partial charge in [-0.15, -0.1) is 0 Å². The lowest BCUT2D eigenvalue weighted by atomic mass is 9.84. The number of fused-ring (bicyclic) bond motifs is 27. The predicted octanol–water partition coefficient (Wildman–Crippen LogP) is 4.11. The molecule has 3 radical (unpaired) electrons. The normalized spacial score (nSPS) is 28.4. The minimum absolute atomic E-state index is 0.208. The molecule has 0 spiro atoms. The van der Waals surface area contributed by atoms with Crippen LogP contribution in [0.15, 0.2) is 53.6 Å². The van der Waals surface area contributed by atoms with Gasteiger partial charge in [-0.2, -0.15) is 0 Å². The SMILES string of the molecule is CCOCCOCCN1CCOCCOCCN=CC[C]2C=CC=CC2CCN2CCOCCOCCN([CH]C3C=CC=C[C]3CC1)CCOCCOCC2. The summed E-state index contributed by atoms with van der Waals surface area (Å²) < 4.78 is 47.4. The Labute approximate surface area is 332 Å². The standard InChI is InChI=1S/C43H71N4O8/c1-2-48-31-32-50-25-18-46-17-13-42-9-5-6-10-43(42)39-47-22-29-54-37-35-52-27-19-45(20-28-53-36-38-55-30-23-47)16-12-41-8-4-3-7-40(41)11-14-44-15-24-49-33-34-51-26-21-46/h3-10,14,39,41,43H,2,11-13,15-38H2,1H3. The Morgan fingerprint density at radius 2 is 1.24 bits per heavy atom. The first-order chi connectivity index (χ1) is 27.3. The van der Waals surface area contributed by atoms with Crippen molar-refractivity contribution in [3.8, 4) is 0 Å². The van der Waals surface area contributed by atoms with Gasteiger partial charge in [-0.05, 0) is 51.4 Å². The van der Waals surface area contributed by atoms with Gasteiger partial charge in [-0.3, -0.25) is 19.7 Å². The fourth-order valence-electron chi connectivity index (χ4n) is 6.73. The Morgan fingerprint density at radius 3 is 1.95 bits per heavy atom. The van der Waals surface area contributed by atoms with Crippen molar-refractivity contribution in [3.63, 3.8) is 0 Å². The second-order valence-electron chi connectivity index (χ2n) is 14.0. The van der Waals surface area contributed by atoms with Crippen LogP contribution in [0.2, 0.25) is 0 Å². The molecule has 5 aliphatic rings. The molecule has 1 fully saturated rings. The summed E-state index contributed by atoms with van der Waals surface area (Å²) in [7, 11) is 0. The molecule has 0 aromatic carbocycles. The Kier molecular flexibility index (Phi) is 26.0. The van der Waals surface area contributed by atoms with Gasteiger partial charge in [0.2, 0.25) is 0 Å². The van der Waals surface area contributed by atoms with E-state index in [-0.39, 0.29) is 5.92 Å². The van der Waals surface area contributed by atoms with E-state index in [9.17, 15) is 0 Å². The second-order valence-corrected chi connectivity index (χ2v) is 14.0. The van der Waals surface area contributed by atoms with Gasteiger partial charge in [0.15, 0.2) is 0 Å². The van der Waals surface area contributed by atoms with Gasteiger partial charge in [0, 0.05) is 70.2 Å². The predicted molar refractivity (Wildman–Crippen MR) is 218 cm³/mol. The van der Waals surface area contributed by atoms with Crippen LogP contribution in [0.4, 0.5) is 0 Å². The van der Waals surface area contributed by atoms with E-state index in [0.29, 0.717) is 118 Å². The molecule has 55 heavy (non-hydrogen) atoms. The smallest absolute Gasteiger partial charge is 0.0701 e. The monoisotopic (exact) mass is 772 g/mol. The topological polar surface area (TPSA) is 95.9 Å². The van der Waals surface area contributed by atoms with Gasteiger partial charge in [0.25, 0.3) is 0 Å². The van der Waals surface area contributed by atoms with Crippen LogP contribution in [0, 0.1) is 30.2 Å². The third kappa shape index (κ3) is 21.5. The Balaban J connectivity index is 1.37. The molecule has 12 nitrogen and oxygen atoms in total. The van der Waals surface area contributed by atoms with Crippen LogP contribution in [0.1, 0.15) is 26.2 Å². The van der Waals surface area contributed by atoms with Crippen molar-refractivity contribution in [1.82, 2.24) is 14.7 Å². The zero-order chi connectivity index (χ0) is 38.3. The lowest BCUT2D eigenvalue weighted by Crippen LogP contribution is -2.36. The number of ether oxygens (including phenoxy) is 8. The van der Waals surface area contributed by atoms with Gasteiger partial charge in [-0.25, -0.2) is 0 Å². The molecule has 0 amide bonds. The molecular weight excluding hydrogens is 700 g/mol. The number of rotatable bonds is 7. The number of aliphatic imine (C=N–C) groups is 1. The highest BCUT2D eigenvalue weighted by molar-refractivity contribution is 5.62. The van der Waals surface area contributed by atoms with Crippen LogP contribution in [0.25, 0.3) is 0 Å². The van der Waals surface area contributed by atoms with Gasteiger partial charge in [0.1, 0.15) is 0 Å². The van der Waals surface area contributed by atoms with Crippen LogP contribution in [-0.4, -0.2) is 186 Å². The molecule has 2 aliphatic carbocycles. The van der Waals surface area contributed by atoms with E-state index in [2.05, 4.69) is 74.8 Å². The zero-order valence-electron chi connectivity index (χ0n) is 33.8. The zero-order valence-corrected chi connectivity index (χ0v) is 33.8. The molecule has 12 heteroatoms. The second kappa shape index (κ2) is 31.2. The first kappa shape index (κ1) is 45.9. The van der Waals surface area contributed by atoms with Crippen molar-refractivity contribution in [2.75, 3.05) is 165 Å². The van der Waals surface area contributed by atoms with E-state index < -0.39 is 0 Å². The summed E-state index contributed by atoms with van der Waals surface area (Å²) in [5, 5.41) is 0. The number of hydrogen-bond donors (Lipinski definition) is 0. The van der Waals surface area contributed by atoms with Crippen LogP contribution in [0.5, 0.6) is 0 Å². The first-order valence-electron chi connectivity index (χ1n) is 20.9. The average molecular weight is 772 g/mol. The third-order valence-corrected chi connectivity index (χ3v) is 10.0. The van der Waals surface area contributed by atoms with E-state index >= 15 is 0 Å². The van der Waals surface area contributed by atoms with E-state index in [1.54, 1.807) is 0 Å². The minimum atomic E-state index is 0.208. The van der Waals surface area contributed by atoms with E-state index in [4.69, 9.17) is 37.9 Å². The van der Waals surface area contributed by atoms with Gasteiger partial charge < -0.3 is 37.9 Å². The van der Waals surface area contributed by atoms with Crippen molar-refractivity contribution >= 4 is 6.21 Å². The highest BCUT2D eigenvalue weighted by Gasteiger charge is 2.24. The fraction of sp³-hybridized carbons (Fsp3) is 0.721. The number of hydrogen-bond acceptors (Lipinski definition) is 12. The quantitative estimate of drug-likeness (QED) is 0.277. The van der Waals surface area contributed by atoms with Crippen LogP contribution >= 0.6 is 0 Å². The van der Waals surface area contributed by atoms with Gasteiger partial charge >= 0.3 is 0 Å². The molecule has 2 unspecified atom stereocenters. The summed E-state index contributed by atoms with van der Waals surface area (Å²) in [6.45, 7) is 21.8. The van der Waals surface area contributed by atoms with Crippen molar-refractivity contribution in [3.05, 3.63) is 67.0 Å². The molecule has 5 rings (SSSR count). The molecule has 2 bridgehead atoms. The summed E-state index contributed by atoms with van der Waals surface area (Å²) in [6.07, 6.45) is 22.6. The minimum Gasteiger partial charge on any atom is -0.379 e. The Hall–Kier alpha value is -1.81. The van der Waals surface area contributed by atoms with Crippen LogP contribution in [-0.2, 0) is 37.9 Å². The molecule has 2 atom stereocenters. The Bertz CT molecular complexity index is 1070. The highest BCUT2D eigenvalue weighted by Crippen LogP contribution is 2.29. The molecule has 0 aromatic rings. The van der Waals surface area contributed by atoms with Crippen LogP contribution < -0.4 is 0 Å². The van der Waals surface area contributed by atoms with Gasteiger partial charge in [0.05, 0.1) is 106 Å². The van der Waals surface area contributed by atoms with Crippen molar-refractivity contribution in [2.24, 2.45) is 16.8 Å². The Morgan fingerprint density at radius 1 is 0.618 bits per heavy atom. The summed E-state index contributed by atoms with van der Waals surface area (Å²) >= 11 is 0. The molecule has 311 valence electrons. The maximum absolute atomic E-state index is 6.06. The fourth-order valence-corrected chi connectivity index (χ4v) is 6.73. The van der Waals surface area contributed by atoms with Crippen molar-refractivity contribution < 1.29 is 37.9 Å². The summed E-state index contributed by atoms with van der Waals surface area (Å²) in [6, 6.07) is 0. The maximum Gasteiger partial charge on any atom is 0.0701 e. The van der Waals surface area contributed by atoms with E-state index in [1.807, 2.05) is 13.1 Å². The maximum atomic E-state index is 6.06. The molecule has 1 saturated heterocycles. The summed E-state index contributed by atoms with van der Waals surface area (Å²) in [5.74, 6) is 3.38. The molecule has 0 aromatic heterocycles. The van der Waals surface area contributed by atoms with Crippen LogP contribution in [0.3, 0.4) is 0 Å². The van der Waals surface area contributed by atoms with Gasteiger partial charge in [-0.1, -0.05) is 48.6 Å². The molecule has 0 saturated carbocycles. The molecule has 3 heterocycles. The molecule has 3 aliphatic heterocycles. The van der Waals surface area contributed by atoms with Crippen molar-refractivity contribution in [2.45, 2.75) is 26.2 Å². The largest absolute Gasteiger partial charge is 0.379 e. The first-order valence-corrected chi connectivity index (χ1v) is 20.9. The lowest BCUT2D eigenvalue weighted by Gasteiger charge is -2.31. The highest BCUT2D eigenvalue weighted by atomic mass is 16.5. The summed E-state index contributed by atoms with van der Waals surface area (Å²) in [5.41, 5.74) is 0. The van der Waals surface area contributed by atoms with E-state index in [1.165, 1.54) is 11.8 Å². The summed E-state index contributed by atoms with van der Waals surface area (Å²) in [4.78, 5) is 11.9. The molecule has 0 N–H and O–H groups in total. The average Bonchev–Trinajstić information content (AvgIpc) is 3.20. The van der Waals surface area contributed by atoms with E-state index in [0.717, 1.165) is 71.6 Å². The number of allylic oxidation sites excluding steroid dienone is 7. The lowest BCUT2D eigenvalue weighted by molar-refractivity contribution is 0.0100. The number of nitrogens with zero attached hydrogens (tertiary/aromatic N) is 4.